The second kappa shape index (κ2) is 13.7. The maximum atomic E-state index is 2.37. The van der Waals surface area contributed by atoms with Crippen LogP contribution in [0.4, 0.5) is 17.1 Å². The highest BCUT2D eigenvalue weighted by Crippen LogP contribution is 2.40. The molecule has 0 N–H and O–H groups in total. The molecule has 0 radical (unpaired) electrons. The van der Waals surface area contributed by atoms with Gasteiger partial charge in [-0.05, 0) is 116 Å². The molecule has 1 aromatic heterocycles. The largest absolute Gasteiger partial charge is 0.310 e. The molecule has 2 heteroatoms. The van der Waals surface area contributed by atoms with Crippen LogP contribution in [0, 0.1) is 0 Å². The van der Waals surface area contributed by atoms with Gasteiger partial charge in [-0.3, -0.25) is 0 Å². The molecule has 254 valence electrons. The van der Waals surface area contributed by atoms with Crippen molar-refractivity contribution in [3.8, 4) is 44.5 Å². The van der Waals surface area contributed by atoms with E-state index >= 15 is 0 Å². The Hall–Kier alpha value is -6.74. The number of hydrogen-bond acceptors (Lipinski definition) is 2. The summed E-state index contributed by atoms with van der Waals surface area (Å²) in [5.41, 5.74) is 13.0. The first-order valence-corrected chi connectivity index (χ1v) is 19.2. The van der Waals surface area contributed by atoms with E-state index in [0.29, 0.717) is 0 Å². The molecule has 0 fully saturated rings. The zero-order chi connectivity index (χ0) is 35.8. The summed E-state index contributed by atoms with van der Waals surface area (Å²) in [6, 6.07) is 77.1. The molecule has 0 aliphatic rings. The highest BCUT2D eigenvalue weighted by Gasteiger charge is 2.15. The predicted octanol–water partition coefficient (Wildman–Crippen LogP) is 15.3. The van der Waals surface area contributed by atoms with Crippen molar-refractivity contribution in [2.24, 2.45) is 0 Å². The van der Waals surface area contributed by atoms with Gasteiger partial charge in [-0.15, -0.1) is 11.3 Å². The summed E-state index contributed by atoms with van der Waals surface area (Å²) < 4.78 is 2.68. The fourth-order valence-electron chi connectivity index (χ4n) is 7.64. The van der Waals surface area contributed by atoms with Crippen LogP contribution in [0.15, 0.2) is 212 Å². The van der Waals surface area contributed by atoms with Gasteiger partial charge in [-0.25, -0.2) is 0 Å². The summed E-state index contributed by atoms with van der Waals surface area (Å²) >= 11 is 1.87. The third-order valence-corrected chi connectivity index (χ3v) is 11.6. The van der Waals surface area contributed by atoms with Crippen molar-refractivity contribution in [2.45, 2.75) is 0 Å². The van der Waals surface area contributed by atoms with Gasteiger partial charge in [-0.1, -0.05) is 152 Å². The summed E-state index contributed by atoms with van der Waals surface area (Å²) in [6.07, 6.45) is 0. The number of benzene rings is 9. The van der Waals surface area contributed by atoms with E-state index in [1.54, 1.807) is 0 Å². The Kier molecular flexibility index (Phi) is 8.09. The maximum absolute atomic E-state index is 2.37. The van der Waals surface area contributed by atoms with Crippen molar-refractivity contribution >= 4 is 59.3 Å². The van der Waals surface area contributed by atoms with E-state index in [9.17, 15) is 0 Å². The van der Waals surface area contributed by atoms with Crippen molar-refractivity contribution < 1.29 is 0 Å². The minimum atomic E-state index is 1.11. The molecule has 0 atom stereocenters. The topological polar surface area (TPSA) is 3.24 Å². The van der Waals surface area contributed by atoms with Crippen LogP contribution in [0.25, 0.3) is 75.5 Å². The standard InChI is InChI=1S/C52H35NS/c1-3-10-36(11-4-1)38-18-20-39(21-19-38)40-24-28-46(29-25-40)53(48-15-9-14-42(33-48)37-12-5-2-6-13-37)47-30-26-41(27-31-47)43-22-23-44-35-52-50(34-45(44)32-43)49-16-7-8-17-51(49)54-52/h1-35H. The van der Waals surface area contributed by atoms with Crippen molar-refractivity contribution in [3.05, 3.63) is 212 Å². The molecule has 0 spiro atoms. The SMILES string of the molecule is c1ccc(-c2ccc(-c3ccc(N(c4ccc(-c5ccc6cc7sc8ccccc8c7cc6c5)cc4)c4cccc(-c5ccccc5)c4)cc3)cc2)cc1. The molecule has 0 amide bonds. The second-order valence-electron chi connectivity index (χ2n) is 13.8. The van der Waals surface area contributed by atoms with Crippen LogP contribution in [0.5, 0.6) is 0 Å². The summed E-state index contributed by atoms with van der Waals surface area (Å²) in [7, 11) is 0. The molecule has 54 heavy (non-hydrogen) atoms. The molecular formula is C52H35NS. The fraction of sp³-hybridized carbons (Fsp3) is 0. The second-order valence-corrected chi connectivity index (χ2v) is 14.9. The minimum absolute atomic E-state index is 1.11. The van der Waals surface area contributed by atoms with E-state index < -0.39 is 0 Å². The molecule has 0 aliphatic heterocycles. The normalized spacial score (nSPS) is 11.3. The van der Waals surface area contributed by atoms with Crippen LogP contribution in [-0.4, -0.2) is 0 Å². The Balaban J connectivity index is 1.01. The van der Waals surface area contributed by atoms with Gasteiger partial charge in [0.05, 0.1) is 0 Å². The van der Waals surface area contributed by atoms with E-state index in [2.05, 4.69) is 217 Å². The maximum Gasteiger partial charge on any atom is 0.0467 e. The fourth-order valence-corrected chi connectivity index (χ4v) is 8.78. The molecule has 10 aromatic rings. The van der Waals surface area contributed by atoms with E-state index in [-0.39, 0.29) is 0 Å². The number of hydrogen-bond donors (Lipinski definition) is 0. The average Bonchev–Trinajstić information content (AvgIpc) is 3.61. The minimum Gasteiger partial charge on any atom is -0.310 e. The number of rotatable bonds is 7. The van der Waals surface area contributed by atoms with Crippen LogP contribution in [0.2, 0.25) is 0 Å². The van der Waals surface area contributed by atoms with Crippen molar-refractivity contribution in [1.82, 2.24) is 0 Å². The molecule has 0 saturated heterocycles. The molecule has 0 bridgehead atoms. The Morgan fingerprint density at radius 2 is 0.741 bits per heavy atom. The lowest BCUT2D eigenvalue weighted by molar-refractivity contribution is 1.28. The molecule has 0 unspecified atom stereocenters. The number of anilines is 3. The van der Waals surface area contributed by atoms with E-state index in [1.165, 1.54) is 75.5 Å². The highest BCUT2D eigenvalue weighted by atomic mass is 32.1. The molecule has 1 nitrogen and oxygen atoms in total. The van der Waals surface area contributed by atoms with Crippen molar-refractivity contribution in [3.63, 3.8) is 0 Å². The summed E-state index contributed by atoms with van der Waals surface area (Å²) in [5.74, 6) is 0. The number of fused-ring (bicyclic) bond motifs is 4. The van der Waals surface area contributed by atoms with Gasteiger partial charge in [-0.2, -0.15) is 0 Å². The lowest BCUT2D eigenvalue weighted by atomic mass is 9.99. The molecule has 1 heterocycles. The average molecular weight is 706 g/mol. The highest BCUT2D eigenvalue weighted by molar-refractivity contribution is 7.25. The Bertz CT molecular complexity index is 2890. The quantitative estimate of drug-likeness (QED) is 0.160. The molecule has 10 rings (SSSR count). The van der Waals surface area contributed by atoms with E-state index in [0.717, 1.165) is 17.1 Å². The number of thiophene rings is 1. The van der Waals surface area contributed by atoms with E-state index in [1.807, 2.05) is 11.3 Å². The Morgan fingerprint density at radius 3 is 1.39 bits per heavy atom. The molecule has 0 saturated carbocycles. The zero-order valence-corrected chi connectivity index (χ0v) is 30.4. The van der Waals surface area contributed by atoms with Gasteiger partial charge in [0.25, 0.3) is 0 Å². The monoisotopic (exact) mass is 705 g/mol. The lowest BCUT2D eigenvalue weighted by Gasteiger charge is -2.26. The summed E-state index contributed by atoms with van der Waals surface area (Å²) in [5, 5.41) is 5.20. The van der Waals surface area contributed by atoms with Gasteiger partial charge >= 0.3 is 0 Å². The van der Waals surface area contributed by atoms with Crippen LogP contribution in [0.1, 0.15) is 0 Å². The van der Waals surface area contributed by atoms with Crippen LogP contribution < -0.4 is 4.90 Å². The first-order chi connectivity index (χ1) is 26.7. The smallest absolute Gasteiger partial charge is 0.0467 e. The van der Waals surface area contributed by atoms with Crippen LogP contribution in [-0.2, 0) is 0 Å². The molecular weight excluding hydrogens is 671 g/mol. The number of nitrogens with zero attached hydrogens (tertiary/aromatic N) is 1. The van der Waals surface area contributed by atoms with E-state index in [4.69, 9.17) is 0 Å². The van der Waals surface area contributed by atoms with Gasteiger partial charge in [0.1, 0.15) is 0 Å². The Labute approximate surface area is 319 Å². The third kappa shape index (κ3) is 6.03. The third-order valence-electron chi connectivity index (χ3n) is 10.5. The summed E-state index contributed by atoms with van der Waals surface area (Å²) in [4.78, 5) is 2.36. The summed E-state index contributed by atoms with van der Waals surface area (Å²) in [6.45, 7) is 0. The first kappa shape index (κ1) is 32.0. The van der Waals surface area contributed by atoms with Gasteiger partial charge in [0.2, 0.25) is 0 Å². The zero-order valence-electron chi connectivity index (χ0n) is 29.6. The van der Waals surface area contributed by atoms with Crippen LogP contribution >= 0.6 is 11.3 Å². The van der Waals surface area contributed by atoms with Crippen molar-refractivity contribution in [1.29, 1.82) is 0 Å². The van der Waals surface area contributed by atoms with Crippen molar-refractivity contribution in [2.75, 3.05) is 4.90 Å². The van der Waals surface area contributed by atoms with Gasteiger partial charge < -0.3 is 4.90 Å². The first-order valence-electron chi connectivity index (χ1n) is 18.4. The molecule has 0 aliphatic carbocycles. The lowest BCUT2D eigenvalue weighted by Crippen LogP contribution is -2.10. The predicted molar refractivity (Wildman–Crippen MR) is 233 cm³/mol. The van der Waals surface area contributed by atoms with Crippen LogP contribution in [0.3, 0.4) is 0 Å². The Morgan fingerprint density at radius 1 is 0.259 bits per heavy atom. The molecule has 9 aromatic carbocycles. The van der Waals surface area contributed by atoms with Gasteiger partial charge in [0.15, 0.2) is 0 Å². The van der Waals surface area contributed by atoms with Gasteiger partial charge in [0, 0.05) is 37.2 Å².